The highest BCUT2D eigenvalue weighted by atomic mass is 19.4. The van der Waals surface area contributed by atoms with Crippen LogP contribution in [0.5, 0.6) is 11.6 Å². The Kier molecular flexibility index (Phi) is 5.95. The Balaban J connectivity index is 1.58. The third-order valence-corrected chi connectivity index (χ3v) is 3.81. The molecule has 0 aliphatic heterocycles. The Morgan fingerprint density at radius 2 is 1.47 bits per heavy atom. The average molecular weight is 416 g/mol. The summed E-state index contributed by atoms with van der Waals surface area (Å²) in [5.74, 6) is 0.383. The summed E-state index contributed by atoms with van der Waals surface area (Å²) in [6.45, 7) is 1.38. The number of halogens is 3. The van der Waals surface area contributed by atoms with Crippen LogP contribution in [0.15, 0.2) is 60.9 Å². The zero-order valence-electron chi connectivity index (χ0n) is 15.5. The molecular weight excluding hydrogens is 401 g/mol. The maximum Gasteiger partial charge on any atom is 0.416 e. The topological polar surface area (TPSA) is 93.2 Å². The Bertz CT molecular complexity index is 1050. The van der Waals surface area contributed by atoms with E-state index in [-0.39, 0.29) is 23.0 Å². The predicted octanol–water partition coefficient (Wildman–Crippen LogP) is 5.13. The summed E-state index contributed by atoms with van der Waals surface area (Å²) in [6.07, 6.45) is -3.22. The number of ether oxygens (including phenoxy) is 1. The highest BCUT2D eigenvalue weighted by Crippen LogP contribution is 2.30. The molecule has 154 valence electrons. The van der Waals surface area contributed by atoms with E-state index in [0.29, 0.717) is 11.4 Å². The van der Waals surface area contributed by atoms with E-state index in [1.165, 1.54) is 19.3 Å². The van der Waals surface area contributed by atoms with Gasteiger partial charge in [0.15, 0.2) is 5.78 Å². The van der Waals surface area contributed by atoms with E-state index in [2.05, 4.69) is 20.6 Å². The Morgan fingerprint density at radius 3 is 2.00 bits per heavy atom. The number of alkyl halides is 3. The standard InChI is InChI=1S/C20H15F3N4O3/c1-12(28)17-10-18(25-11-24-17)30-16-8-6-15(7-9-16)27-19(29)26-14-4-2-13(3-5-14)20(21,22)23/h2-11H,1H3,(H2,26,27,29). The van der Waals surface area contributed by atoms with E-state index >= 15 is 0 Å². The molecule has 3 rings (SSSR count). The lowest BCUT2D eigenvalue weighted by molar-refractivity contribution is -0.137. The predicted molar refractivity (Wildman–Crippen MR) is 103 cm³/mol. The van der Waals surface area contributed by atoms with Crippen molar-refractivity contribution in [3.8, 4) is 11.6 Å². The van der Waals surface area contributed by atoms with Crippen molar-refractivity contribution in [2.45, 2.75) is 13.1 Å². The number of nitrogens with zero attached hydrogens (tertiary/aromatic N) is 2. The van der Waals surface area contributed by atoms with Gasteiger partial charge in [0.25, 0.3) is 0 Å². The molecule has 0 atom stereocenters. The van der Waals surface area contributed by atoms with Gasteiger partial charge in [0.05, 0.1) is 5.56 Å². The second-order valence-electron chi connectivity index (χ2n) is 6.08. The van der Waals surface area contributed by atoms with Crippen LogP contribution in [-0.2, 0) is 6.18 Å². The summed E-state index contributed by atoms with van der Waals surface area (Å²) < 4.78 is 43.2. The first-order chi connectivity index (χ1) is 14.2. The molecule has 3 aromatic rings. The van der Waals surface area contributed by atoms with Gasteiger partial charge in [-0.05, 0) is 48.5 Å². The van der Waals surface area contributed by atoms with Gasteiger partial charge in [0.1, 0.15) is 17.8 Å². The molecule has 2 amide bonds. The van der Waals surface area contributed by atoms with E-state index in [9.17, 15) is 22.8 Å². The molecule has 7 nitrogen and oxygen atoms in total. The molecule has 1 aromatic heterocycles. The number of ketones is 1. The first-order valence-electron chi connectivity index (χ1n) is 8.57. The number of carbonyl (C=O) groups excluding carboxylic acids is 2. The number of Topliss-reactive ketones (excluding diaryl/α,β-unsaturated/α-hetero) is 1. The van der Waals surface area contributed by atoms with Crippen LogP contribution in [0.2, 0.25) is 0 Å². The SMILES string of the molecule is CC(=O)c1cc(Oc2ccc(NC(=O)Nc3ccc(C(F)(F)F)cc3)cc2)ncn1. The molecule has 0 fully saturated rings. The zero-order chi connectivity index (χ0) is 21.7. The Hall–Kier alpha value is -3.95. The molecule has 30 heavy (non-hydrogen) atoms. The largest absolute Gasteiger partial charge is 0.439 e. The summed E-state index contributed by atoms with van der Waals surface area (Å²) in [6, 6.07) is 11.2. The number of anilines is 2. The molecule has 0 aliphatic carbocycles. The smallest absolute Gasteiger partial charge is 0.416 e. The molecule has 0 aliphatic rings. The third kappa shape index (κ3) is 5.53. The first-order valence-corrected chi connectivity index (χ1v) is 8.57. The minimum absolute atomic E-state index is 0.191. The maximum atomic E-state index is 12.6. The van der Waals surface area contributed by atoms with E-state index in [1.54, 1.807) is 24.3 Å². The molecule has 1 heterocycles. The minimum atomic E-state index is -4.44. The van der Waals surface area contributed by atoms with Crippen molar-refractivity contribution < 1.29 is 27.5 Å². The number of carbonyl (C=O) groups is 2. The second kappa shape index (κ2) is 8.60. The van der Waals surface area contributed by atoms with Gasteiger partial charge in [-0.25, -0.2) is 14.8 Å². The van der Waals surface area contributed by atoms with Gasteiger partial charge in [0, 0.05) is 24.4 Å². The highest BCUT2D eigenvalue weighted by molar-refractivity contribution is 5.99. The van der Waals surface area contributed by atoms with Crippen molar-refractivity contribution in [1.29, 1.82) is 0 Å². The van der Waals surface area contributed by atoms with Crippen LogP contribution in [0.1, 0.15) is 23.0 Å². The highest BCUT2D eigenvalue weighted by Gasteiger charge is 2.29. The average Bonchev–Trinajstić information content (AvgIpc) is 2.69. The molecule has 2 aromatic carbocycles. The Labute approximate surface area is 168 Å². The zero-order valence-corrected chi connectivity index (χ0v) is 15.5. The molecule has 0 radical (unpaired) electrons. The van der Waals surface area contributed by atoms with Gasteiger partial charge >= 0.3 is 12.2 Å². The molecule has 0 bridgehead atoms. The molecule has 0 saturated heterocycles. The second-order valence-corrected chi connectivity index (χ2v) is 6.08. The lowest BCUT2D eigenvalue weighted by Crippen LogP contribution is -2.19. The lowest BCUT2D eigenvalue weighted by atomic mass is 10.2. The van der Waals surface area contributed by atoms with Crippen LogP contribution in [0.3, 0.4) is 0 Å². The van der Waals surface area contributed by atoms with Gasteiger partial charge in [-0.2, -0.15) is 13.2 Å². The molecule has 10 heteroatoms. The summed E-state index contributed by atoms with van der Waals surface area (Å²) in [5.41, 5.74) is 0.0609. The first kappa shape index (κ1) is 20.8. The van der Waals surface area contributed by atoms with Gasteiger partial charge in [-0.15, -0.1) is 0 Å². The quantitative estimate of drug-likeness (QED) is 0.562. The molecule has 0 spiro atoms. The van der Waals surface area contributed by atoms with Crippen molar-refractivity contribution in [2.24, 2.45) is 0 Å². The van der Waals surface area contributed by atoms with Crippen LogP contribution >= 0.6 is 0 Å². The number of aromatic nitrogens is 2. The number of benzene rings is 2. The van der Waals surface area contributed by atoms with Crippen LogP contribution in [-0.4, -0.2) is 21.8 Å². The summed E-state index contributed by atoms with van der Waals surface area (Å²) in [4.78, 5) is 31.1. The minimum Gasteiger partial charge on any atom is -0.439 e. The summed E-state index contributed by atoms with van der Waals surface area (Å²) >= 11 is 0. The van der Waals surface area contributed by atoms with Crippen LogP contribution in [0.25, 0.3) is 0 Å². The van der Waals surface area contributed by atoms with Gasteiger partial charge < -0.3 is 15.4 Å². The van der Waals surface area contributed by atoms with Gasteiger partial charge in [0.2, 0.25) is 5.88 Å². The number of amides is 2. The van der Waals surface area contributed by atoms with Crippen LogP contribution in [0.4, 0.5) is 29.3 Å². The number of urea groups is 1. The van der Waals surface area contributed by atoms with Crippen molar-refractivity contribution >= 4 is 23.2 Å². The molecule has 0 unspecified atom stereocenters. The van der Waals surface area contributed by atoms with Gasteiger partial charge in [-0.1, -0.05) is 0 Å². The van der Waals surface area contributed by atoms with Crippen molar-refractivity contribution in [3.05, 3.63) is 72.2 Å². The monoisotopic (exact) mass is 416 g/mol. The fourth-order valence-corrected chi connectivity index (χ4v) is 2.35. The number of rotatable bonds is 5. The summed E-state index contributed by atoms with van der Waals surface area (Å²) in [7, 11) is 0. The van der Waals surface area contributed by atoms with Crippen LogP contribution < -0.4 is 15.4 Å². The van der Waals surface area contributed by atoms with E-state index in [1.807, 2.05) is 0 Å². The molecule has 2 N–H and O–H groups in total. The third-order valence-electron chi connectivity index (χ3n) is 3.81. The van der Waals surface area contributed by atoms with E-state index in [4.69, 9.17) is 4.74 Å². The maximum absolute atomic E-state index is 12.6. The number of nitrogens with one attached hydrogen (secondary N) is 2. The summed E-state index contributed by atoms with van der Waals surface area (Å²) in [5, 5.41) is 5.00. The van der Waals surface area contributed by atoms with Crippen molar-refractivity contribution in [1.82, 2.24) is 9.97 Å². The van der Waals surface area contributed by atoms with Crippen molar-refractivity contribution in [3.63, 3.8) is 0 Å². The molecule has 0 saturated carbocycles. The number of hydrogen-bond acceptors (Lipinski definition) is 5. The Morgan fingerprint density at radius 1 is 0.900 bits per heavy atom. The van der Waals surface area contributed by atoms with E-state index < -0.39 is 17.8 Å². The normalized spacial score (nSPS) is 10.9. The number of hydrogen-bond donors (Lipinski definition) is 2. The fourth-order valence-electron chi connectivity index (χ4n) is 2.35. The van der Waals surface area contributed by atoms with Crippen molar-refractivity contribution in [2.75, 3.05) is 10.6 Å². The van der Waals surface area contributed by atoms with Crippen LogP contribution in [0, 0.1) is 0 Å². The fraction of sp³-hybridized carbons (Fsp3) is 0.100. The lowest BCUT2D eigenvalue weighted by Gasteiger charge is -2.10. The van der Waals surface area contributed by atoms with Gasteiger partial charge in [-0.3, -0.25) is 4.79 Å². The van der Waals surface area contributed by atoms with E-state index in [0.717, 1.165) is 24.3 Å². The molecular formula is C20H15F3N4O3.